The first-order valence-electron chi connectivity index (χ1n) is 14.4. The second kappa shape index (κ2) is 12.4. The van der Waals surface area contributed by atoms with Gasteiger partial charge in [0.1, 0.15) is 11.6 Å². The SMILES string of the molecule is COC(=O)c1ccc(C2CCN(C(=O)c3cc(NC(=O)c4cnn(C(C)(C)C)c4-c4ccc(F)cc4)ccc3F)CC2)cc1. The van der Waals surface area contributed by atoms with Crippen LogP contribution in [0.3, 0.4) is 0 Å². The average Bonchev–Trinajstić information content (AvgIpc) is 3.48. The molecule has 3 aromatic carbocycles. The Bertz CT molecular complexity index is 1680. The number of hydrogen-bond acceptors (Lipinski definition) is 5. The second-order valence-electron chi connectivity index (χ2n) is 11.8. The Morgan fingerprint density at radius 3 is 2.18 bits per heavy atom. The van der Waals surface area contributed by atoms with Crippen LogP contribution in [0.4, 0.5) is 14.5 Å². The highest BCUT2D eigenvalue weighted by molar-refractivity contribution is 6.08. The van der Waals surface area contributed by atoms with Crippen molar-refractivity contribution in [3.8, 4) is 11.3 Å². The lowest BCUT2D eigenvalue weighted by Gasteiger charge is -2.32. The quantitative estimate of drug-likeness (QED) is 0.251. The number of methoxy groups -OCH3 is 1. The highest BCUT2D eigenvalue weighted by Gasteiger charge is 2.28. The molecule has 0 aliphatic carbocycles. The Kier molecular flexibility index (Phi) is 8.62. The molecule has 0 spiro atoms. The molecule has 10 heteroatoms. The third-order valence-electron chi connectivity index (χ3n) is 7.81. The van der Waals surface area contributed by atoms with Crippen LogP contribution in [0.25, 0.3) is 11.3 Å². The van der Waals surface area contributed by atoms with Gasteiger partial charge in [0.15, 0.2) is 0 Å². The first-order chi connectivity index (χ1) is 21.0. The standard InChI is InChI=1S/C34H34F2N4O4/c1-34(2,3)40-30(23-9-11-25(35)12-10-23)28(20-37-40)31(41)38-26-13-14-29(36)27(19-26)32(42)39-17-15-22(16-18-39)21-5-7-24(8-6-21)33(43)44-4/h5-14,19-20,22H,15-18H2,1-4H3,(H,38,41). The minimum Gasteiger partial charge on any atom is -0.465 e. The number of anilines is 1. The summed E-state index contributed by atoms with van der Waals surface area (Å²) in [7, 11) is 1.34. The zero-order valence-electron chi connectivity index (χ0n) is 25.1. The highest BCUT2D eigenvalue weighted by Crippen LogP contribution is 2.31. The van der Waals surface area contributed by atoms with E-state index < -0.39 is 35.0 Å². The second-order valence-corrected chi connectivity index (χ2v) is 11.8. The Morgan fingerprint density at radius 1 is 0.909 bits per heavy atom. The van der Waals surface area contributed by atoms with Crippen molar-refractivity contribution in [2.45, 2.75) is 45.1 Å². The summed E-state index contributed by atoms with van der Waals surface area (Å²) in [6.07, 6.45) is 2.82. The molecule has 1 N–H and O–H groups in total. The van der Waals surface area contributed by atoms with Gasteiger partial charge in [0.2, 0.25) is 0 Å². The van der Waals surface area contributed by atoms with Crippen molar-refractivity contribution in [1.82, 2.24) is 14.7 Å². The van der Waals surface area contributed by atoms with Crippen molar-refractivity contribution < 1.29 is 27.9 Å². The van der Waals surface area contributed by atoms with Gasteiger partial charge in [-0.3, -0.25) is 14.3 Å². The summed E-state index contributed by atoms with van der Waals surface area (Å²) in [6, 6.07) is 17.0. The zero-order chi connectivity index (χ0) is 31.6. The number of likely N-dealkylation sites (tertiary alicyclic amines) is 1. The molecule has 8 nitrogen and oxygen atoms in total. The fourth-order valence-electron chi connectivity index (χ4n) is 5.47. The van der Waals surface area contributed by atoms with Crippen molar-refractivity contribution in [1.29, 1.82) is 0 Å². The fourth-order valence-corrected chi connectivity index (χ4v) is 5.47. The lowest BCUT2D eigenvalue weighted by molar-refractivity contribution is 0.0599. The van der Waals surface area contributed by atoms with Crippen LogP contribution >= 0.6 is 0 Å². The summed E-state index contributed by atoms with van der Waals surface area (Å²) in [5.74, 6) is -2.23. The third kappa shape index (κ3) is 6.39. The maximum absolute atomic E-state index is 14.9. The maximum Gasteiger partial charge on any atom is 0.337 e. The van der Waals surface area contributed by atoms with E-state index in [2.05, 4.69) is 10.4 Å². The molecular formula is C34H34F2N4O4. The third-order valence-corrected chi connectivity index (χ3v) is 7.81. The van der Waals surface area contributed by atoms with E-state index in [-0.39, 0.29) is 22.7 Å². The van der Waals surface area contributed by atoms with Crippen LogP contribution in [0.15, 0.2) is 72.9 Å². The number of halogens is 2. The number of piperidine rings is 1. The molecule has 1 aromatic heterocycles. The number of esters is 1. The van der Waals surface area contributed by atoms with E-state index in [1.54, 1.807) is 33.8 Å². The number of nitrogens with one attached hydrogen (secondary N) is 1. The highest BCUT2D eigenvalue weighted by atomic mass is 19.1. The topological polar surface area (TPSA) is 93.5 Å². The van der Waals surface area contributed by atoms with E-state index >= 15 is 0 Å². The molecule has 0 unspecified atom stereocenters. The predicted molar refractivity (Wildman–Crippen MR) is 163 cm³/mol. The molecule has 0 atom stereocenters. The summed E-state index contributed by atoms with van der Waals surface area (Å²) in [6.45, 7) is 6.69. The van der Waals surface area contributed by atoms with E-state index in [4.69, 9.17) is 4.74 Å². The van der Waals surface area contributed by atoms with Crippen LogP contribution < -0.4 is 5.32 Å². The van der Waals surface area contributed by atoms with Crippen LogP contribution in [-0.4, -0.2) is 52.7 Å². The first-order valence-corrected chi connectivity index (χ1v) is 14.4. The molecule has 0 radical (unpaired) electrons. The van der Waals surface area contributed by atoms with Gasteiger partial charge < -0.3 is 15.0 Å². The summed E-state index contributed by atoms with van der Waals surface area (Å²) >= 11 is 0. The first kappa shape index (κ1) is 30.6. The van der Waals surface area contributed by atoms with Crippen molar-refractivity contribution in [3.05, 3.63) is 107 Å². The lowest BCUT2D eigenvalue weighted by atomic mass is 9.88. The minimum absolute atomic E-state index is 0.132. The van der Waals surface area contributed by atoms with Crippen molar-refractivity contribution in [2.75, 3.05) is 25.5 Å². The van der Waals surface area contributed by atoms with Gasteiger partial charge in [-0.25, -0.2) is 13.6 Å². The lowest BCUT2D eigenvalue weighted by Crippen LogP contribution is -2.38. The molecule has 1 fully saturated rings. The number of carbonyl (C=O) groups excluding carboxylic acids is 3. The molecule has 0 bridgehead atoms. The van der Waals surface area contributed by atoms with Gasteiger partial charge >= 0.3 is 5.97 Å². The van der Waals surface area contributed by atoms with Crippen LogP contribution in [0.1, 0.15) is 76.2 Å². The number of benzene rings is 3. The number of rotatable bonds is 6. The Morgan fingerprint density at radius 2 is 1.57 bits per heavy atom. The van der Waals surface area contributed by atoms with E-state index in [9.17, 15) is 23.2 Å². The number of carbonyl (C=O) groups is 3. The van der Waals surface area contributed by atoms with Gasteiger partial charge in [-0.2, -0.15) is 5.10 Å². The number of aromatic nitrogens is 2. The smallest absolute Gasteiger partial charge is 0.337 e. The Labute approximate surface area is 254 Å². The summed E-state index contributed by atoms with van der Waals surface area (Å²) in [5, 5.41) is 7.21. The van der Waals surface area contributed by atoms with Crippen molar-refractivity contribution in [2.24, 2.45) is 0 Å². The van der Waals surface area contributed by atoms with E-state index in [1.807, 2.05) is 32.9 Å². The summed E-state index contributed by atoms with van der Waals surface area (Å²) in [4.78, 5) is 40.2. The van der Waals surface area contributed by atoms with Crippen molar-refractivity contribution >= 4 is 23.5 Å². The number of hydrogen-bond donors (Lipinski definition) is 1. The maximum atomic E-state index is 14.9. The van der Waals surface area contributed by atoms with E-state index in [0.29, 0.717) is 42.8 Å². The Hall–Kier alpha value is -4.86. The molecule has 0 saturated carbocycles. The van der Waals surface area contributed by atoms with Crippen molar-refractivity contribution in [3.63, 3.8) is 0 Å². The Balaban J connectivity index is 1.31. The molecule has 5 rings (SSSR count). The fraction of sp³-hybridized carbons (Fsp3) is 0.294. The molecular weight excluding hydrogens is 566 g/mol. The largest absolute Gasteiger partial charge is 0.465 e. The normalized spacial score (nSPS) is 13.9. The number of ether oxygens (including phenoxy) is 1. The van der Waals surface area contributed by atoms with Gasteiger partial charge in [0.25, 0.3) is 11.8 Å². The van der Waals surface area contributed by atoms with Crippen LogP contribution in [0.2, 0.25) is 0 Å². The summed E-state index contributed by atoms with van der Waals surface area (Å²) < 4.78 is 35.0. The van der Waals surface area contributed by atoms with Gasteiger partial charge in [-0.15, -0.1) is 0 Å². The van der Waals surface area contributed by atoms with Crippen LogP contribution in [0, 0.1) is 11.6 Å². The van der Waals surface area contributed by atoms with E-state index in [1.165, 1.54) is 37.6 Å². The minimum atomic E-state index is -0.680. The molecule has 44 heavy (non-hydrogen) atoms. The average molecular weight is 601 g/mol. The van der Waals surface area contributed by atoms with Gasteiger partial charge in [0, 0.05) is 24.3 Å². The molecule has 4 aromatic rings. The molecule has 2 heterocycles. The van der Waals surface area contributed by atoms with Gasteiger partial charge in [-0.05, 0) is 99.7 Å². The molecule has 228 valence electrons. The van der Waals surface area contributed by atoms with Crippen LogP contribution in [0.5, 0.6) is 0 Å². The van der Waals surface area contributed by atoms with E-state index in [0.717, 1.165) is 11.6 Å². The molecule has 1 aliphatic heterocycles. The van der Waals surface area contributed by atoms with Crippen LogP contribution in [-0.2, 0) is 10.3 Å². The van der Waals surface area contributed by atoms with Gasteiger partial charge in [0.05, 0.1) is 41.2 Å². The number of nitrogens with zero attached hydrogens (tertiary/aromatic N) is 3. The van der Waals surface area contributed by atoms with Gasteiger partial charge in [-0.1, -0.05) is 12.1 Å². The molecule has 1 aliphatic rings. The zero-order valence-corrected chi connectivity index (χ0v) is 25.1. The molecule has 2 amide bonds. The predicted octanol–water partition coefficient (Wildman–Crippen LogP) is 6.64. The monoisotopic (exact) mass is 600 g/mol. The summed E-state index contributed by atoms with van der Waals surface area (Å²) in [5.41, 5.74) is 2.57. The number of amides is 2. The molecule has 1 saturated heterocycles.